The quantitative estimate of drug-likeness (QED) is 0.468. The summed E-state index contributed by atoms with van der Waals surface area (Å²) in [5.74, 6) is 2.41. The predicted molar refractivity (Wildman–Crippen MR) is 130 cm³/mol. The van der Waals surface area contributed by atoms with Crippen molar-refractivity contribution in [3.05, 3.63) is 48.0 Å². The second-order valence-corrected chi connectivity index (χ2v) is 9.12. The molecular formula is C24H24N10O. The van der Waals surface area contributed by atoms with Crippen molar-refractivity contribution in [1.29, 1.82) is 5.26 Å². The number of ether oxygens (including phenoxy) is 1. The van der Waals surface area contributed by atoms with Crippen molar-refractivity contribution >= 4 is 28.5 Å². The van der Waals surface area contributed by atoms with Crippen LogP contribution < -0.4 is 15.0 Å². The van der Waals surface area contributed by atoms with Gasteiger partial charge in [-0.1, -0.05) is 0 Å². The summed E-state index contributed by atoms with van der Waals surface area (Å²) < 4.78 is 7.86. The number of aromatic nitrogens is 6. The Balaban J connectivity index is 1.27. The van der Waals surface area contributed by atoms with E-state index in [-0.39, 0.29) is 0 Å². The summed E-state index contributed by atoms with van der Waals surface area (Å²) in [4.78, 5) is 18.0. The smallest absolute Gasteiger partial charge is 0.223 e. The minimum absolute atomic E-state index is 0.336. The third kappa shape index (κ3) is 3.77. The Bertz CT molecular complexity index is 1460. The van der Waals surface area contributed by atoms with Crippen molar-refractivity contribution in [3.63, 3.8) is 0 Å². The highest BCUT2D eigenvalue weighted by molar-refractivity contribution is 5.88. The average Bonchev–Trinajstić information content (AvgIpc) is 3.55. The fourth-order valence-electron chi connectivity index (χ4n) is 4.88. The van der Waals surface area contributed by atoms with Gasteiger partial charge in [0.15, 0.2) is 23.0 Å². The van der Waals surface area contributed by atoms with Crippen LogP contribution in [0.2, 0.25) is 0 Å². The van der Waals surface area contributed by atoms with E-state index >= 15 is 0 Å². The highest BCUT2D eigenvalue weighted by atomic mass is 16.5. The second kappa shape index (κ2) is 8.18. The Kier molecular flexibility index (Phi) is 4.96. The van der Waals surface area contributed by atoms with Crippen molar-refractivity contribution < 1.29 is 4.74 Å². The monoisotopic (exact) mass is 468 g/mol. The molecule has 6 heterocycles. The van der Waals surface area contributed by atoms with Crippen molar-refractivity contribution in [3.8, 4) is 17.7 Å². The van der Waals surface area contributed by atoms with Crippen LogP contribution in [-0.4, -0.2) is 66.8 Å². The Hall–Kier alpha value is -4.30. The molecule has 2 aliphatic rings. The van der Waals surface area contributed by atoms with Gasteiger partial charge < -0.3 is 19.5 Å². The van der Waals surface area contributed by atoms with E-state index in [2.05, 4.69) is 47.3 Å². The zero-order valence-corrected chi connectivity index (χ0v) is 19.7. The molecule has 2 saturated heterocycles. The first-order chi connectivity index (χ1) is 17.0. The fraction of sp³-hybridized carbons (Fsp3) is 0.333. The Labute approximate surface area is 202 Å². The van der Waals surface area contributed by atoms with Gasteiger partial charge >= 0.3 is 0 Å². The maximum Gasteiger partial charge on any atom is 0.223 e. The van der Waals surface area contributed by atoms with E-state index in [0.29, 0.717) is 52.1 Å². The third-order valence-electron chi connectivity index (χ3n) is 6.76. The minimum Gasteiger partial charge on any atom is -0.437 e. The van der Waals surface area contributed by atoms with Crippen molar-refractivity contribution in [2.75, 3.05) is 30.4 Å². The average molecular weight is 469 g/mol. The molecule has 6 rings (SSSR count). The van der Waals surface area contributed by atoms with Crippen LogP contribution in [-0.2, 0) is 7.05 Å². The number of likely N-dealkylation sites (N-methyl/N-ethyl adjacent to an activating group) is 1. The summed E-state index contributed by atoms with van der Waals surface area (Å²) in [7, 11) is 4.06. The normalized spacial score (nSPS) is 19.3. The van der Waals surface area contributed by atoms with Gasteiger partial charge in [-0.3, -0.25) is 4.90 Å². The molecule has 11 nitrogen and oxygen atoms in total. The number of anilines is 3. The number of nitrogens with one attached hydrogen (secondary N) is 1. The molecule has 0 amide bonds. The van der Waals surface area contributed by atoms with Crippen LogP contribution >= 0.6 is 0 Å². The number of likely N-dealkylation sites (tertiary alicyclic amines) is 1. The van der Waals surface area contributed by atoms with Gasteiger partial charge in [-0.15, -0.1) is 10.2 Å². The number of nitrogens with zero attached hydrogens (tertiary/aromatic N) is 9. The molecule has 4 aromatic rings. The summed E-state index contributed by atoms with van der Waals surface area (Å²) in [6.45, 7) is 3.92. The van der Waals surface area contributed by atoms with E-state index in [1.807, 2.05) is 36.7 Å². The standard InChI is InChI=1S/C24H24N10O/c1-14-6-15(9-25)26-10-19(14)35-22-8-18(23-24(29-22)33(3)13-27-23)28-20-4-5-21(31-30-20)34-12-16-7-17(34)11-32(16)2/h4-6,8,10,13,16-17H,7,11-12H2,1-3H3,(H,28,29,30)/t16-,17-/m1/s1. The molecule has 2 atom stereocenters. The number of hydrogen-bond donors (Lipinski definition) is 1. The lowest BCUT2D eigenvalue weighted by Crippen LogP contribution is -2.44. The molecule has 0 saturated carbocycles. The molecule has 176 valence electrons. The molecule has 2 aliphatic heterocycles. The third-order valence-corrected chi connectivity index (χ3v) is 6.76. The second-order valence-electron chi connectivity index (χ2n) is 9.12. The lowest BCUT2D eigenvalue weighted by Gasteiger charge is -2.32. The van der Waals surface area contributed by atoms with E-state index in [0.717, 1.165) is 24.5 Å². The van der Waals surface area contributed by atoms with Crippen molar-refractivity contribution in [2.45, 2.75) is 25.4 Å². The van der Waals surface area contributed by atoms with E-state index in [9.17, 15) is 0 Å². The maximum atomic E-state index is 9.06. The van der Waals surface area contributed by atoms with Crippen molar-refractivity contribution in [2.24, 2.45) is 7.05 Å². The van der Waals surface area contributed by atoms with Gasteiger partial charge in [-0.05, 0) is 44.2 Å². The summed E-state index contributed by atoms with van der Waals surface area (Å²) in [6.07, 6.45) is 4.42. The molecule has 0 aromatic carbocycles. The van der Waals surface area contributed by atoms with Gasteiger partial charge in [0.1, 0.15) is 17.3 Å². The summed E-state index contributed by atoms with van der Waals surface area (Å²) >= 11 is 0. The molecule has 0 aliphatic carbocycles. The lowest BCUT2D eigenvalue weighted by molar-refractivity contribution is 0.292. The molecule has 1 N–H and O–H groups in total. The number of piperazine rings is 1. The Morgan fingerprint density at radius 3 is 2.69 bits per heavy atom. The fourth-order valence-corrected chi connectivity index (χ4v) is 4.88. The van der Waals surface area contributed by atoms with Crippen LogP contribution in [0, 0.1) is 18.3 Å². The van der Waals surface area contributed by atoms with E-state index in [1.54, 1.807) is 18.5 Å². The summed E-state index contributed by atoms with van der Waals surface area (Å²) in [5.41, 5.74) is 3.18. The molecule has 11 heteroatoms. The molecule has 0 unspecified atom stereocenters. The van der Waals surface area contributed by atoms with Crippen LogP contribution in [0.4, 0.5) is 17.3 Å². The number of aryl methyl sites for hydroxylation is 2. The maximum absolute atomic E-state index is 9.06. The van der Waals surface area contributed by atoms with Gasteiger partial charge in [-0.25, -0.2) is 9.97 Å². The molecule has 0 spiro atoms. The number of hydrogen-bond acceptors (Lipinski definition) is 10. The number of fused-ring (bicyclic) bond motifs is 3. The van der Waals surface area contributed by atoms with Gasteiger partial charge in [0.25, 0.3) is 0 Å². The van der Waals surface area contributed by atoms with Crippen LogP contribution in [0.3, 0.4) is 0 Å². The summed E-state index contributed by atoms with van der Waals surface area (Å²) in [5, 5.41) is 21.3. The van der Waals surface area contributed by atoms with Gasteiger partial charge in [0, 0.05) is 38.3 Å². The SMILES string of the molecule is Cc1cc(C#N)ncc1Oc1cc(Nc2ccc(N3C[C@H]4C[C@@H]3CN4C)nn2)c2ncn(C)c2n1. The molecule has 4 aromatic heterocycles. The first-order valence-corrected chi connectivity index (χ1v) is 11.4. The number of nitriles is 1. The number of rotatable bonds is 5. The minimum atomic E-state index is 0.336. The van der Waals surface area contributed by atoms with Crippen LogP contribution in [0.25, 0.3) is 11.2 Å². The molecule has 2 fully saturated rings. The van der Waals surface area contributed by atoms with Crippen molar-refractivity contribution in [1.82, 2.24) is 34.6 Å². The predicted octanol–water partition coefficient (Wildman–Crippen LogP) is 2.76. The Morgan fingerprint density at radius 2 is 2.00 bits per heavy atom. The zero-order chi connectivity index (χ0) is 24.1. The first kappa shape index (κ1) is 21.2. The van der Waals surface area contributed by atoms with Gasteiger partial charge in [-0.2, -0.15) is 10.2 Å². The highest BCUT2D eigenvalue weighted by Gasteiger charge is 2.42. The topological polar surface area (TPSA) is 121 Å². The molecule has 2 bridgehead atoms. The molecule has 0 radical (unpaired) electrons. The van der Waals surface area contributed by atoms with Gasteiger partial charge in [0.05, 0.1) is 18.2 Å². The molecule has 35 heavy (non-hydrogen) atoms. The Morgan fingerprint density at radius 1 is 1.11 bits per heavy atom. The van der Waals surface area contributed by atoms with Crippen LogP contribution in [0.15, 0.2) is 36.8 Å². The van der Waals surface area contributed by atoms with E-state index < -0.39 is 0 Å². The van der Waals surface area contributed by atoms with Crippen LogP contribution in [0.1, 0.15) is 17.7 Å². The largest absolute Gasteiger partial charge is 0.437 e. The van der Waals surface area contributed by atoms with E-state index in [1.165, 1.54) is 12.6 Å². The molecular weight excluding hydrogens is 444 g/mol. The van der Waals surface area contributed by atoms with E-state index in [4.69, 9.17) is 10.00 Å². The first-order valence-electron chi connectivity index (χ1n) is 11.4. The summed E-state index contributed by atoms with van der Waals surface area (Å²) in [6, 6.07) is 10.5. The zero-order valence-electron chi connectivity index (χ0n) is 19.7. The lowest BCUT2D eigenvalue weighted by atomic mass is 10.2. The van der Waals surface area contributed by atoms with Crippen LogP contribution in [0.5, 0.6) is 11.6 Å². The van der Waals surface area contributed by atoms with Gasteiger partial charge in [0.2, 0.25) is 5.88 Å². The highest BCUT2D eigenvalue weighted by Crippen LogP contribution is 2.34. The number of pyridine rings is 2. The number of imidazole rings is 1.